The number of benzene rings is 1. The van der Waals surface area contributed by atoms with Gasteiger partial charge in [0.25, 0.3) is 0 Å². The van der Waals surface area contributed by atoms with E-state index in [0.717, 1.165) is 64.0 Å². The molecule has 3 heterocycles. The van der Waals surface area contributed by atoms with Crippen LogP contribution < -0.4 is 36.5 Å². The third kappa shape index (κ3) is 20.4. The molecule has 8 amide bonds. The summed E-state index contributed by atoms with van der Waals surface area (Å²) < 4.78 is 36.6. The van der Waals surface area contributed by atoms with E-state index in [0.29, 0.717) is 40.5 Å². The molecule has 4 rings (SSSR count). The Morgan fingerprint density at radius 1 is 0.759 bits per heavy atom. The molecule has 17 N–H and O–H groups in total. The molecule has 83 heavy (non-hydrogen) atoms. The Labute approximate surface area is 482 Å². The van der Waals surface area contributed by atoms with Gasteiger partial charge in [-0.15, -0.1) is 0 Å². The number of phenolic OH excluding ortho intramolecular Hbond substituents is 1. The van der Waals surface area contributed by atoms with E-state index in [2.05, 4.69) is 40.9 Å². The summed E-state index contributed by atoms with van der Waals surface area (Å²) in [4.78, 5) is 113. The molecule has 3 fully saturated rings. The number of nitrogens with two attached hydrogens (primary N) is 1. The number of nitrogens with one attached hydrogen (secondary N) is 5. The Morgan fingerprint density at radius 3 is 1.95 bits per heavy atom. The van der Waals surface area contributed by atoms with Crippen LogP contribution in [0.4, 0.5) is 0 Å². The van der Waals surface area contributed by atoms with Crippen molar-refractivity contribution in [2.24, 2.45) is 23.5 Å². The molecule has 0 unspecified atom stereocenters. The number of hydrogen-bond donors (Lipinski definition) is 16. The molecule has 470 valence electrons. The Hall–Kier alpha value is -5.83. The first-order valence-corrected chi connectivity index (χ1v) is 29.6. The zero-order valence-electron chi connectivity index (χ0n) is 47.4. The van der Waals surface area contributed by atoms with Crippen molar-refractivity contribution in [2.45, 2.75) is 216 Å². The fourth-order valence-corrected chi connectivity index (χ4v) is 10.9. The lowest BCUT2D eigenvalue weighted by molar-refractivity contribution is -0.149. The Balaban J connectivity index is 1.71. The van der Waals surface area contributed by atoms with Crippen molar-refractivity contribution in [2.75, 3.05) is 13.1 Å². The summed E-state index contributed by atoms with van der Waals surface area (Å²) in [5, 5.41) is 112. The third-order valence-corrected chi connectivity index (χ3v) is 15.8. The molecular weight excluding hydrogens is 1120 g/mol. The van der Waals surface area contributed by atoms with Crippen molar-refractivity contribution >= 4 is 57.7 Å². The number of carbonyl (C=O) groups is 8. The van der Waals surface area contributed by atoms with E-state index in [9.17, 15) is 97.3 Å². The largest absolute Gasteiger partial charge is 0.504 e. The van der Waals surface area contributed by atoms with E-state index < -0.39 is 198 Å². The zero-order chi connectivity index (χ0) is 62.2. The van der Waals surface area contributed by atoms with E-state index in [1.807, 2.05) is 10.6 Å². The number of phenols is 1. The summed E-state index contributed by atoms with van der Waals surface area (Å²) in [7, 11) is -5.33. The topological polar surface area (TPSA) is 475 Å². The van der Waals surface area contributed by atoms with E-state index in [4.69, 9.17) is 5.73 Å². The van der Waals surface area contributed by atoms with Gasteiger partial charge in [-0.05, 0) is 49.3 Å². The number of aliphatic hydroxyl groups is 8. The SMILES string of the molecule is CC[C@H](C)C[C@H](C)CCCCCCCCCCC(=O)N[C@H]1C[C@@H](O)[C@H](O)NC(=O)[C@H]2[C@@H](O)[C@@H](C)CN2C(=O)[C@@H]([C@H](O)CC(N)=O)NC(=O)[C@H]([C@H](O)[C@H](O)c2ccc(O)c(OS(=O)(=O)O)c2)NC(=O)[C@H]2C[C@@H](O)CN2C(=O)[C@H]([C@H](C)O)NC1=O. The number of aromatic hydroxyl groups is 1. The first-order valence-electron chi connectivity index (χ1n) is 28.2. The summed E-state index contributed by atoms with van der Waals surface area (Å²) in [5.74, 6) is -11.9. The van der Waals surface area contributed by atoms with Gasteiger partial charge in [0.1, 0.15) is 54.6 Å². The molecule has 0 aliphatic carbocycles. The van der Waals surface area contributed by atoms with Gasteiger partial charge >= 0.3 is 10.4 Å². The molecule has 17 atom stereocenters. The highest BCUT2D eigenvalue weighted by Gasteiger charge is 2.51. The maximum absolute atomic E-state index is 14.6. The lowest BCUT2D eigenvalue weighted by atomic mass is 9.91. The van der Waals surface area contributed by atoms with Crippen molar-refractivity contribution in [1.82, 2.24) is 36.4 Å². The molecule has 0 saturated carbocycles. The molecule has 3 saturated heterocycles. The number of unbranched alkanes of at least 4 members (excludes halogenated alkanes) is 7. The van der Waals surface area contributed by atoms with Crippen LogP contribution in [0.3, 0.4) is 0 Å². The van der Waals surface area contributed by atoms with Crippen molar-refractivity contribution < 1.29 is 101 Å². The molecular formula is C53H86N8O21S. The predicted octanol–water partition coefficient (Wildman–Crippen LogP) is -3.13. The second-order valence-electron chi connectivity index (χ2n) is 22.5. The molecule has 0 bridgehead atoms. The maximum atomic E-state index is 14.6. The number of carbonyl (C=O) groups excluding carboxylic acids is 8. The van der Waals surface area contributed by atoms with Crippen molar-refractivity contribution in [3.05, 3.63) is 23.8 Å². The highest BCUT2D eigenvalue weighted by atomic mass is 32.3. The van der Waals surface area contributed by atoms with Gasteiger partial charge in [0, 0.05) is 38.3 Å². The van der Waals surface area contributed by atoms with Crippen LogP contribution in [-0.4, -0.2) is 208 Å². The van der Waals surface area contributed by atoms with Crippen molar-refractivity contribution in [1.29, 1.82) is 0 Å². The minimum atomic E-state index is -5.33. The smallest absolute Gasteiger partial charge is 0.446 e. The molecule has 30 heteroatoms. The van der Waals surface area contributed by atoms with Crippen LogP contribution in [0.1, 0.15) is 143 Å². The number of nitrogens with zero attached hydrogens (tertiary/aromatic N) is 2. The Kier molecular flexibility index (Phi) is 26.8. The molecule has 1 aromatic carbocycles. The van der Waals surface area contributed by atoms with Crippen LogP contribution in [-0.2, 0) is 48.8 Å². The highest BCUT2D eigenvalue weighted by Crippen LogP contribution is 2.33. The summed E-state index contributed by atoms with van der Waals surface area (Å²) in [6, 6.07) is -10.5. The van der Waals surface area contributed by atoms with Crippen molar-refractivity contribution in [3.63, 3.8) is 0 Å². The second kappa shape index (κ2) is 31.9. The Bertz CT molecular complexity index is 2510. The van der Waals surface area contributed by atoms with Crippen LogP contribution in [0.2, 0.25) is 0 Å². The van der Waals surface area contributed by atoms with Crippen LogP contribution in [0.25, 0.3) is 0 Å². The maximum Gasteiger partial charge on any atom is 0.446 e. The van der Waals surface area contributed by atoms with Crippen LogP contribution >= 0.6 is 0 Å². The first-order chi connectivity index (χ1) is 38.8. The zero-order valence-corrected chi connectivity index (χ0v) is 48.2. The molecule has 29 nitrogen and oxygen atoms in total. The molecule has 3 aliphatic rings. The number of amides is 8. The van der Waals surface area contributed by atoms with Gasteiger partial charge in [-0.2, -0.15) is 8.42 Å². The summed E-state index contributed by atoms with van der Waals surface area (Å²) in [6.07, 6.45) is -9.07. The minimum absolute atomic E-state index is 0.117. The van der Waals surface area contributed by atoms with Gasteiger partial charge in [-0.25, -0.2) is 0 Å². The lowest BCUT2D eigenvalue weighted by Crippen LogP contribution is -2.64. The van der Waals surface area contributed by atoms with Crippen LogP contribution in [0.15, 0.2) is 18.2 Å². The van der Waals surface area contributed by atoms with Crippen LogP contribution in [0.5, 0.6) is 11.5 Å². The quantitative estimate of drug-likeness (QED) is 0.0359. The summed E-state index contributed by atoms with van der Waals surface area (Å²) in [6.45, 7) is 7.97. The Morgan fingerprint density at radius 2 is 1.35 bits per heavy atom. The number of hydrogen-bond acceptors (Lipinski definition) is 20. The predicted molar refractivity (Wildman–Crippen MR) is 291 cm³/mol. The molecule has 0 spiro atoms. The first kappa shape index (κ1) is 69.7. The average Bonchev–Trinajstić information content (AvgIpc) is 3.57. The summed E-state index contributed by atoms with van der Waals surface area (Å²) in [5.41, 5.74) is 4.76. The second-order valence-corrected chi connectivity index (χ2v) is 23.5. The van der Waals surface area contributed by atoms with Gasteiger partial charge in [-0.3, -0.25) is 42.9 Å². The molecule has 1 aromatic rings. The van der Waals surface area contributed by atoms with Gasteiger partial charge in [-0.1, -0.05) is 91.5 Å². The van der Waals surface area contributed by atoms with E-state index in [-0.39, 0.29) is 6.42 Å². The number of primary amides is 1. The monoisotopic (exact) mass is 1200 g/mol. The van der Waals surface area contributed by atoms with Gasteiger partial charge in [0.05, 0.1) is 30.8 Å². The normalized spacial score (nSPS) is 28.4. The van der Waals surface area contributed by atoms with E-state index in [1.54, 1.807) is 0 Å². The highest BCUT2D eigenvalue weighted by molar-refractivity contribution is 7.81. The van der Waals surface area contributed by atoms with E-state index in [1.165, 1.54) is 19.8 Å². The average molecular weight is 1200 g/mol. The van der Waals surface area contributed by atoms with E-state index >= 15 is 0 Å². The molecule has 0 aromatic heterocycles. The van der Waals surface area contributed by atoms with Gasteiger partial charge < -0.3 is 92.3 Å². The fraction of sp³-hybridized carbons (Fsp3) is 0.736. The number of rotatable bonds is 24. The van der Waals surface area contributed by atoms with Crippen molar-refractivity contribution in [3.8, 4) is 11.5 Å². The lowest BCUT2D eigenvalue weighted by Gasteiger charge is -2.34. The van der Waals surface area contributed by atoms with Crippen LogP contribution in [0, 0.1) is 17.8 Å². The standard InChI is InChI=1S/C53H86N8O21S/c1-6-26(2)19-27(3)15-13-11-9-7-8-10-12-14-16-39(68)55-32-22-36(66)49(74)59-51(76)43-44(69)28(4)24-61(43)53(78)41(35(65)23-38(54)67)57-50(75)42(46(71)45(70)30-17-18-34(64)37(20-30)82-83(79,80)81)58-48(73)33-21-31(63)25-60(33)52(77)40(29(5)62)56-47(32)72/h17-18,20,26-29,31-33,35-36,40-46,49,62-66,69-71,74H,6-16,19,21-25H2,1-5H3,(H2,54,67)(H,55,68)(H,56,72)(H,57,75)(H,58,73)(H,59,76)(H,79,80,81)/t26-,27+,28-,29-,31+,32-,33+,35+,36+,40-,41+,42-,43+,44-,45+,46-,49-/m0/s1. The minimum Gasteiger partial charge on any atom is -0.504 e. The van der Waals surface area contributed by atoms with Gasteiger partial charge in [0.15, 0.2) is 17.7 Å². The summed E-state index contributed by atoms with van der Waals surface area (Å²) >= 11 is 0. The number of fused-ring (bicyclic) bond motifs is 2. The number of aliphatic hydroxyl groups excluding tert-OH is 8. The van der Waals surface area contributed by atoms with Gasteiger partial charge in [0.2, 0.25) is 47.3 Å². The third-order valence-electron chi connectivity index (χ3n) is 15.5. The molecule has 3 aliphatic heterocycles. The molecule has 0 radical (unpaired) electrons. The fourth-order valence-electron chi connectivity index (χ4n) is 10.6.